The average molecular weight is 621 g/mol. The molecule has 4 aromatic carbocycles. The van der Waals surface area contributed by atoms with Crippen LogP contribution in [0, 0.1) is 23.3 Å². The van der Waals surface area contributed by atoms with Gasteiger partial charge in [-0.3, -0.25) is 0 Å². The number of rotatable bonds is 11. The molecule has 0 amide bonds. The lowest BCUT2D eigenvalue weighted by Crippen LogP contribution is -2.23. The van der Waals surface area contributed by atoms with Gasteiger partial charge in [-0.05, 0) is 71.8 Å². The molecule has 0 N–H and O–H groups in total. The highest BCUT2D eigenvalue weighted by molar-refractivity contribution is 5.73. The first kappa shape index (κ1) is 31.8. The van der Waals surface area contributed by atoms with Gasteiger partial charge in [0.15, 0.2) is 5.82 Å². The highest BCUT2D eigenvalue weighted by Crippen LogP contribution is 2.37. The fraction of sp³-hybridized carbons (Fsp3) is 0.222. The molecule has 3 nitrogen and oxygen atoms in total. The van der Waals surface area contributed by atoms with Gasteiger partial charge in [0.25, 0.3) is 0 Å². The number of hydrogen-bond acceptors (Lipinski definition) is 3. The van der Waals surface area contributed by atoms with Crippen molar-refractivity contribution >= 4 is 0 Å². The molecule has 0 aliphatic heterocycles. The first-order valence-corrected chi connectivity index (χ1v) is 14.7. The van der Waals surface area contributed by atoms with Gasteiger partial charge in [0.2, 0.25) is 0 Å². The minimum Gasteiger partial charge on any atom is -0.429 e. The lowest BCUT2D eigenvalue weighted by molar-refractivity contribution is -0.187. The Morgan fingerprint density at radius 3 is 1.82 bits per heavy atom. The van der Waals surface area contributed by atoms with Crippen LogP contribution < -0.4 is 4.74 Å². The molecular formula is C36H30F6N2O. The fourth-order valence-electron chi connectivity index (χ4n) is 5.02. The predicted molar refractivity (Wildman–Crippen MR) is 162 cm³/mol. The fourth-order valence-corrected chi connectivity index (χ4v) is 5.02. The van der Waals surface area contributed by atoms with Gasteiger partial charge in [0.05, 0.1) is 5.56 Å². The zero-order chi connectivity index (χ0) is 32.1. The van der Waals surface area contributed by atoms with Crippen LogP contribution in [0.2, 0.25) is 0 Å². The number of unbranched alkanes of at least 4 members (excludes halogenated alkanes) is 2. The number of aryl methyl sites for hydroxylation is 2. The number of benzene rings is 4. The number of hydrogen-bond donors (Lipinski definition) is 0. The van der Waals surface area contributed by atoms with Crippen molar-refractivity contribution in [2.24, 2.45) is 0 Å². The largest absolute Gasteiger partial charge is 0.429 e. The molecule has 5 rings (SSSR count). The Labute approximate surface area is 257 Å². The summed E-state index contributed by atoms with van der Waals surface area (Å²) in [5.74, 6) is -3.58. The van der Waals surface area contributed by atoms with Crippen LogP contribution in [0.5, 0.6) is 5.75 Å². The Hall–Kier alpha value is -4.66. The van der Waals surface area contributed by atoms with Gasteiger partial charge in [0, 0.05) is 35.2 Å². The van der Waals surface area contributed by atoms with E-state index in [4.69, 9.17) is 0 Å². The third kappa shape index (κ3) is 7.19. The smallest absolute Gasteiger partial charge is 0.429 e. The summed E-state index contributed by atoms with van der Waals surface area (Å²) in [4.78, 5) is 8.70. The maximum Gasteiger partial charge on any atom is 0.429 e. The van der Waals surface area contributed by atoms with E-state index in [-0.39, 0.29) is 22.3 Å². The number of ether oxygens (including phenoxy) is 1. The van der Waals surface area contributed by atoms with E-state index in [1.807, 2.05) is 0 Å². The molecule has 0 saturated heterocycles. The molecule has 1 heterocycles. The third-order valence-electron chi connectivity index (χ3n) is 7.53. The molecule has 0 atom stereocenters. The van der Waals surface area contributed by atoms with Crippen LogP contribution >= 0.6 is 0 Å². The Morgan fingerprint density at radius 1 is 0.644 bits per heavy atom. The third-order valence-corrected chi connectivity index (χ3v) is 7.53. The molecule has 0 aliphatic carbocycles. The molecule has 0 spiro atoms. The summed E-state index contributed by atoms with van der Waals surface area (Å²) >= 11 is 0. The Kier molecular flexibility index (Phi) is 9.56. The number of halogens is 6. The Morgan fingerprint density at radius 2 is 1.24 bits per heavy atom. The predicted octanol–water partition coefficient (Wildman–Crippen LogP) is 10.5. The van der Waals surface area contributed by atoms with Crippen LogP contribution in [-0.2, 0) is 19.0 Å². The second-order valence-corrected chi connectivity index (χ2v) is 10.7. The van der Waals surface area contributed by atoms with E-state index in [0.717, 1.165) is 61.6 Å². The van der Waals surface area contributed by atoms with Gasteiger partial charge in [-0.25, -0.2) is 27.5 Å². The zero-order valence-electron chi connectivity index (χ0n) is 24.7. The number of aromatic nitrogens is 2. The highest BCUT2D eigenvalue weighted by Gasteiger charge is 2.38. The van der Waals surface area contributed by atoms with Crippen molar-refractivity contribution in [3.63, 3.8) is 0 Å². The van der Waals surface area contributed by atoms with E-state index < -0.39 is 40.7 Å². The van der Waals surface area contributed by atoms with Crippen molar-refractivity contribution in [2.45, 2.75) is 52.1 Å². The second kappa shape index (κ2) is 13.5. The van der Waals surface area contributed by atoms with Gasteiger partial charge in [-0.1, -0.05) is 63.1 Å². The number of alkyl halides is 2. The first-order chi connectivity index (χ1) is 21.6. The molecule has 1 aromatic heterocycles. The van der Waals surface area contributed by atoms with E-state index in [1.54, 1.807) is 25.4 Å². The summed E-state index contributed by atoms with van der Waals surface area (Å²) in [7, 11) is 0. The molecule has 0 unspecified atom stereocenters. The molecule has 5 aromatic rings. The summed E-state index contributed by atoms with van der Waals surface area (Å²) in [5.41, 5.74) is 0.963. The maximum atomic E-state index is 15.2. The topological polar surface area (TPSA) is 35.0 Å². The quantitative estimate of drug-likeness (QED) is 0.109. The Bertz CT molecular complexity index is 1810. The monoisotopic (exact) mass is 620 g/mol. The summed E-state index contributed by atoms with van der Waals surface area (Å²) in [6.45, 7) is 3.84. The SMILES string of the molecule is CCCCCc1cnc(-c2ccc(-c3ccc(-c4ccc(C(F)(F)Oc5ccc(CC)c(F)c5)c(F)c4)c(F)c3)c(F)c2)nc1. The normalized spacial score (nSPS) is 11.6. The maximum absolute atomic E-state index is 15.2. The van der Waals surface area contributed by atoms with Crippen molar-refractivity contribution in [3.05, 3.63) is 125 Å². The second-order valence-electron chi connectivity index (χ2n) is 10.7. The Balaban J connectivity index is 1.33. The first-order valence-electron chi connectivity index (χ1n) is 14.7. The minimum atomic E-state index is -4.13. The van der Waals surface area contributed by atoms with E-state index in [9.17, 15) is 17.6 Å². The van der Waals surface area contributed by atoms with Crippen molar-refractivity contribution in [3.8, 4) is 39.4 Å². The van der Waals surface area contributed by atoms with Crippen molar-refractivity contribution in [1.82, 2.24) is 9.97 Å². The molecule has 45 heavy (non-hydrogen) atoms. The van der Waals surface area contributed by atoms with Gasteiger partial charge in [-0.2, -0.15) is 8.78 Å². The van der Waals surface area contributed by atoms with Crippen LogP contribution in [0.25, 0.3) is 33.6 Å². The summed E-state index contributed by atoms with van der Waals surface area (Å²) < 4.78 is 93.6. The molecule has 232 valence electrons. The van der Waals surface area contributed by atoms with Crippen molar-refractivity contribution in [2.75, 3.05) is 0 Å². The van der Waals surface area contributed by atoms with Gasteiger partial charge in [0.1, 0.15) is 29.0 Å². The molecular weight excluding hydrogens is 590 g/mol. The minimum absolute atomic E-state index is 0.0134. The molecule has 0 aliphatic rings. The lowest BCUT2D eigenvalue weighted by Gasteiger charge is -2.19. The van der Waals surface area contributed by atoms with Crippen LogP contribution in [0.4, 0.5) is 26.3 Å². The number of nitrogens with zero attached hydrogens (tertiary/aromatic N) is 2. The van der Waals surface area contributed by atoms with Crippen LogP contribution in [0.15, 0.2) is 85.2 Å². The molecule has 0 fully saturated rings. The molecule has 0 saturated carbocycles. The summed E-state index contributed by atoms with van der Waals surface area (Å²) in [5, 5.41) is 0. The van der Waals surface area contributed by atoms with Crippen molar-refractivity contribution in [1.29, 1.82) is 0 Å². The van der Waals surface area contributed by atoms with E-state index in [2.05, 4.69) is 21.6 Å². The van der Waals surface area contributed by atoms with E-state index >= 15 is 8.78 Å². The lowest BCUT2D eigenvalue weighted by atomic mass is 9.97. The van der Waals surface area contributed by atoms with Gasteiger partial charge < -0.3 is 4.74 Å². The zero-order valence-corrected chi connectivity index (χ0v) is 24.7. The van der Waals surface area contributed by atoms with Crippen LogP contribution in [-0.4, -0.2) is 9.97 Å². The summed E-state index contributed by atoms with van der Waals surface area (Å²) in [6.07, 6.45) is 3.84. The standard InChI is InChI=1S/C36H30F6N2O/c1-3-5-6-7-22-20-43-35(44-21-22)26-10-14-29(33(39)18-26)24-9-13-28(32(38)16-24)25-11-15-30(34(40)17-25)36(41,42)45-27-12-8-23(4-2)31(37)19-27/h8-21H,3-7H2,1-2H3. The van der Waals surface area contributed by atoms with Gasteiger partial charge >= 0.3 is 6.11 Å². The summed E-state index contributed by atoms with van der Waals surface area (Å²) in [6, 6.07) is 14.2. The van der Waals surface area contributed by atoms with E-state index in [0.29, 0.717) is 23.4 Å². The average Bonchev–Trinajstić information content (AvgIpc) is 3.01. The molecule has 0 bridgehead atoms. The van der Waals surface area contributed by atoms with Crippen LogP contribution in [0.3, 0.4) is 0 Å². The van der Waals surface area contributed by atoms with Crippen molar-refractivity contribution < 1.29 is 31.1 Å². The molecule has 9 heteroatoms. The van der Waals surface area contributed by atoms with Gasteiger partial charge in [-0.15, -0.1) is 0 Å². The molecule has 0 radical (unpaired) electrons. The van der Waals surface area contributed by atoms with Crippen LogP contribution in [0.1, 0.15) is 49.8 Å². The van der Waals surface area contributed by atoms with E-state index in [1.165, 1.54) is 36.4 Å². The highest BCUT2D eigenvalue weighted by atomic mass is 19.3.